The summed E-state index contributed by atoms with van der Waals surface area (Å²) in [6.45, 7) is 0. The predicted molar refractivity (Wildman–Crippen MR) is 69.9 cm³/mol. The van der Waals surface area contributed by atoms with E-state index in [2.05, 4.69) is 4.74 Å². The highest BCUT2D eigenvalue weighted by Gasteiger charge is 2.36. The lowest BCUT2D eigenvalue weighted by atomic mass is 10.00. The molecule has 0 radical (unpaired) electrons. The number of aliphatic hydroxyl groups excluding tert-OH is 1. The zero-order chi connectivity index (χ0) is 16.6. The molecule has 0 aromatic rings. The van der Waals surface area contributed by atoms with Crippen LogP contribution >= 0.6 is 11.8 Å². The minimum absolute atomic E-state index is 0.00247. The van der Waals surface area contributed by atoms with Crippen molar-refractivity contribution in [2.45, 2.75) is 25.2 Å². The average Bonchev–Trinajstić information content (AvgIpc) is 2.38. The molecular formula is C11H16O9S. The molecule has 4 N–H and O–H groups in total. The number of hydrogen-bond acceptors (Lipinski definition) is 7. The molecule has 0 bridgehead atoms. The maximum Gasteiger partial charge on any atom is 0.332 e. The number of Topliss-reactive ketones (excluding diaryl/α,β-unsaturated/α-hetero) is 1. The monoisotopic (exact) mass is 324 g/mol. The van der Waals surface area contributed by atoms with Gasteiger partial charge in [-0.3, -0.25) is 14.4 Å². The van der Waals surface area contributed by atoms with Crippen LogP contribution in [0.4, 0.5) is 0 Å². The SMILES string of the molecule is CSCCC(OC(O)C(=O)C(CC(=O)O)C(=O)O)C(=O)O. The van der Waals surface area contributed by atoms with Gasteiger partial charge in [-0.15, -0.1) is 0 Å². The summed E-state index contributed by atoms with van der Waals surface area (Å²) >= 11 is 1.32. The molecule has 0 aliphatic rings. The zero-order valence-corrected chi connectivity index (χ0v) is 11.9. The van der Waals surface area contributed by atoms with Crippen LogP contribution in [0.25, 0.3) is 0 Å². The van der Waals surface area contributed by atoms with Crippen molar-refractivity contribution < 1.29 is 44.3 Å². The number of rotatable bonds is 11. The summed E-state index contributed by atoms with van der Waals surface area (Å²) in [5.41, 5.74) is 0. The van der Waals surface area contributed by atoms with E-state index in [4.69, 9.17) is 15.3 Å². The largest absolute Gasteiger partial charge is 0.481 e. The lowest BCUT2D eigenvalue weighted by Crippen LogP contribution is -2.40. The summed E-state index contributed by atoms with van der Waals surface area (Å²) < 4.78 is 4.63. The molecule has 3 atom stereocenters. The van der Waals surface area contributed by atoms with Gasteiger partial charge in [0.05, 0.1) is 6.42 Å². The van der Waals surface area contributed by atoms with E-state index in [9.17, 15) is 24.3 Å². The van der Waals surface area contributed by atoms with Crippen LogP contribution in [0.15, 0.2) is 0 Å². The fourth-order valence-corrected chi connectivity index (χ4v) is 1.80. The first kappa shape index (κ1) is 19.4. The van der Waals surface area contributed by atoms with Gasteiger partial charge in [-0.25, -0.2) is 4.79 Å². The summed E-state index contributed by atoms with van der Waals surface area (Å²) in [6.07, 6.45) is -3.12. The molecule has 0 aromatic carbocycles. The van der Waals surface area contributed by atoms with E-state index in [1.165, 1.54) is 11.8 Å². The third-order valence-corrected chi connectivity index (χ3v) is 3.06. The lowest BCUT2D eigenvalue weighted by Gasteiger charge is -2.19. The van der Waals surface area contributed by atoms with Crippen molar-refractivity contribution in [1.82, 2.24) is 0 Å². The maximum atomic E-state index is 11.6. The quantitative estimate of drug-likeness (QED) is 0.282. The highest BCUT2D eigenvalue weighted by Crippen LogP contribution is 2.13. The minimum Gasteiger partial charge on any atom is -0.481 e. The van der Waals surface area contributed by atoms with Gasteiger partial charge in [0.1, 0.15) is 5.92 Å². The molecule has 21 heavy (non-hydrogen) atoms. The number of ether oxygens (including phenoxy) is 1. The maximum absolute atomic E-state index is 11.6. The van der Waals surface area contributed by atoms with E-state index in [0.717, 1.165) is 0 Å². The van der Waals surface area contributed by atoms with Gasteiger partial charge in [0.15, 0.2) is 6.10 Å². The van der Waals surface area contributed by atoms with Crippen LogP contribution < -0.4 is 0 Å². The number of ketones is 1. The molecule has 3 unspecified atom stereocenters. The second-order valence-corrected chi connectivity index (χ2v) is 4.97. The Kier molecular flexibility index (Phi) is 8.58. The van der Waals surface area contributed by atoms with Crippen LogP contribution in [0, 0.1) is 5.92 Å². The van der Waals surface area contributed by atoms with Crippen LogP contribution in [0.3, 0.4) is 0 Å². The molecule has 10 heteroatoms. The number of carboxylic acids is 3. The first-order chi connectivity index (χ1) is 9.70. The average molecular weight is 324 g/mol. The molecule has 0 aliphatic heterocycles. The predicted octanol–water partition coefficient (Wildman–Crippen LogP) is -0.728. The second kappa shape index (κ2) is 9.32. The molecule has 0 aliphatic carbocycles. The van der Waals surface area contributed by atoms with Crippen molar-refractivity contribution in [2.24, 2.45) is 5.92 Å². The number of carbonyl (C=O) groups excluding carboxylic acids is 1. The lowest BCUT2D eigenvalue weighted by molar-refractivity contribution is -0.185. The highest BCUT2D eigenvalue weighted by molar-refractivity contribution is 7.98. The molecule has 0 rings (SSSR count). The van der Waals surface area contributed by atoms with Gasteiger partial charge in [0, 0.05) is 0 Å². The molecule has 0 heterocycles. The van der Waals surface area contributed by atoms with Crippen LogP contribution in [-0.4, -0.2) is 68.5 Å². The summed E-state index contributed by atoms with van der Waals surface area (Å²) in [6, 6.07) is 0. The molecular weight excluding hydrogens is 308 g/mol. The van der Waals surface area contributed by atoms with Crippen LogP contribution in [-0.2, 0) is 23.9 Å². The van der Waals surface area contributed by atoms with E-state index in [0.29, 0.717) is 5.75 Å². The third-order valence-electron chi connectivity index (χ3n) is 2.42. The molecule has 0 fully saturated rings. The number of thioether (sulfide) groups is 1. The Bertz CT molecular complexity index is 408. The van der Waals surface area contributed by atoms with Crippen molar-refractivity contribution in [1.29, 1.82) is 0 Å². The molecule has 0 saturated carbocycles. The molecule has 0 amide bonds. The first-order valence-corrected chi connectivity index (χ1v) is 7.13. The number of carboxylic acid groups (broad SMARTS) is 3. The van der Waals surface area contributed by atoms with E-state index < -0.39 is 48.4 Å². The number of aliphatic hydroxyl groups is 1. The van der Waals surface area contributed by atoms with E-state index in [1.54, 1.807) is 6.26 Å². The van der Waals surface area contributed by atoms with Crippen LogP contribution in [0.5, 0.6) is 0 Å². The van der Waals surface area contributed by atoms with Gasteiger partial charge in [-0.1, -0.05) is 0 Å². The molecule has 120 valence electrons. The van der Waals surface area contributed by atoms with Gasteiger partial charge >= 0.3 is 17.9 Å². The Labute approximate surface area is 123 Å². The Morgan fingerprint density at radius 1 is 1.10 bits per heavy atom. The fraction of sp³-hybridized carbons (Fsp3) is 0.636. The van der Waals surface area contributed by atoms with E-state index in [-0.39, 0.29) is 6.42 Å². The van der Waals surface area contributed by atoms with Gasteiger partial charge in [0.2, 0.25) is 12.1 Å². The second-order valence-electron chi connectivity index (χ2n) is 3.99. The van der Waals surface area contributed by atoms with Crippen molar-refractivity contribution in [2.75, 3.05) is 12.0 Å². The van der Waals surface area contributed by atoms with Crippen molar-refractivity contribution >= 4 is 35.5 Å². The molecule has 0 saturated heterocycles. The summed E-state index contributed by atoms with van der Waals surface area (Å²) in [4.78, 5) is 43.8. The van der Waals surface area contributed by atoms with Crippen molar-refractivity contribution in [3.8, 4) is 0 Å². The topological polar surface area (TPSA) is 158 Å². The molecule has 0 spiro atoms. The normalized spacial score (nSPS) is 15.0. The Morgan fingerprint density at radius 2 is 1.67 bits per heavy atom. The molecule has 0 aromatic heterocycles. The highest BCUT2D eigenvalue weighted by atomic mass is 32.2. The van der Waals surface area contributed by atoms with Gasteiger partial charge in [0.25, 0.3) is 0 Å². The number of aliphatic carboxylic acids is 3. The van der Waals surface area contributed by atoms with Gasteiger partial charge in [-0.05, 0) is 18.4 Å². The summed E-state index contributed by atoms with van der Waals surface area (Å²) in [5.74, 6) is -7.72. The van der Waals surface area contributed by atoms with E-state index in [1.807, 2.05) is 0 Å². The first-order valence-electron chi connectivity index (χ1n) is 5.74. The van der Waals surface area contributed by atoms with Crippen LogP contribution in [0.2, 0.25) is 0 Å². The number of carbonyl (C=O) groups is 4. The zero-order valence-electron chi connectivity index (χ0n) is 11.1. The summed E-state index contributed by atoms with van der Waals surface area (Å²) in [5, 5.41) is 35.6. The Balaban J connectivity index is 4.82. The third kappa shape index (κ3) is 7.06. The fourth-order valence-electron chi connectivity index (χ4n) is 1.35. The van der Waals surface area contributed by atoms with E-state index >= 15 is 0 Å². The van der Waals surface area contributed by atoms with Gasteiger partial charge in [-0.2, -0.15) is 11.8 Å². The molecule has 9 nitrogen and oxygen atoms in total. The Morgan fingerprint density at radius 3 is 2.05 bits per heavy atom. The Hall–Kier alpha value is -1.65. The summed E-state index contributed by atoms with van der Waals surface area (Å²) in [7, 11) is 0. The van der Waals surface area contributed by atoms with Gasteiger partial charge < -0.3 is 25.2 Å². The standard InChI is InChI=1S/C11H16O9S/c1-21-3-2-6(10(17)18)20-11(19)8(14)5(9(15)16)4-7(12)13/h5-6,11,19H,2-4H2,1H3,(H,12,13)(H,15,16)(H,17,18). The minimum atomic E-state index is -2.31. The van der Waals surface area contributed by atoms with Crippen molar-refractivity contribution in [3.63, 3.8) is 0 Å². The smallest absolute Gasteiger partial charge is 0.332 e. The van der Waals surface area contributed by atoms with Crippen molar-refractivity contribution in [3.05, 3.63) is 0 Å². The van der Waals surface area contributed by atoms with Crippen LogP contribution in [0.1, 0.15) is 12.8 Å². The number of hydrogen-bond donors (Lipinski definition) is 4.